The van der Waals surface area contributed by atoms with E-state index >= 15 is 0 Å². The van der Waals surface area contributed by atoms with Gasteiger partial charge in [0.1, 0.15) is 6.61 Å². The van der Waals surface area contributed by atoms with Gasteiger partial charge in [0.15, 0.2) is 0 Å². The van der Waals surface area contributed by atoms with Crippen LogP contribution in [-0.2, 0) is 9.53 Å². The number of nitrogens with zero attached hydrogens (tertiary/aromatic N) is 1. The summed E-state index contributed by atoms with van der Waals surface area (Å²) in [5, 5.41) is 9.75. The summed E-state index contributed by atoms with van der Waals surface area (Å²) in [4.78, 5) is 26.7. The minimum absolute atomic E-state index is 0.0594. The number of carboxylic acids is 1. The zero-order valence-corrected chi connectivity index (χ0v) is 18.2. The average molecular weight is 432 g/mol. The lowest BCUT2D eigenvalue weighted by Gasteiger charge is -2.52. The first-order valence-corrected chi connectivity index (χ1v) is 11.9. The van der Waals surface area contributed by atoms with Crippen LogP contribution in [0.15, 0.2) is 48.5 Å². The van der Waals surface area contributed by atoms with E-state index < -0.39 is 5.97 Å². The Morgan fingerprint density at radius 1 is 1.03 bits per heavy atom. The number of hydrogen-bond acceptors (Lipinski definition) is 3. The van der Waals surface area contributed by atoms with E-state index in [-0.39, 0.29) is 29.3 Å². The molecule has 1 saturated heterocycles. The lowest BCUT2D eigenvalue weighted by Crippen LogP contribution is -2.54. The maximum atomic E-state index is 13.1. The standard InChI is InChI=1S/C27H29NO4/c29-25(30)24-17-11-12-27(24,14-17)18-6-5-13-28(15-18)26(31)32-16-23-21-9-3-1-7-19(21)20-8-2-4-10-22(20)23/h1-4,7-10,17-18,23-24H,5-6,11-16H2,(H,29,30). The van der Waals surface area contributed by atoms with Gasteiger partial charge in [-0.2, -0.15) is 0 Å². The molecule has 4 aliphatic carbocycles. The minimum atomic E-state index is -0.642. The number of carbonyl (C=O) groups excluding carboxylic acids is 1. The van der Waals surface area contributed by atoms with Crippen LogP contribution >= 0.6 is 0 Å². The van der Waals surface area contributed by atoms with Crippen molar-refractivity contribution in [2.45, 2.75) is 38.0 Å². The highest BCUT2D eigenvalue weighted by Gasteiger charge is 2.65. The maximum absolute atomic E-state index is 13.1. The summed E-state index contributed by atoms with van der Waals surface area (Å²) in [5.41, 5.74) is 4.78. The summed E-state index contributed by atoms with van der Waals surface area (Å²) < 4.78 is 5.88. The van der Waals surface area contributed by atoms with Crippen LogP contribution in [0, 0.1) is 23.2 Å². The van der Waals surface area contributed by atoms with Gasteiger partial charge in [-0.3, -0.25) is 4.79 Å². The molecule has 0 spiro atoms. The van der Waals surface area contributed by atoms with Crippen LogP contribution in [0.2, 0.25) is 0 Å². The number of ether oxygens (including phenoxy) is 1. The van der Waals surface area contributed by atoms with Crippen molar-refractivity contribution in [2.24, 2.45) is 23.2 Å². The van der Waals surface area contributed by atoms with Crippen LogP contribution in [0.25, 0.3) is 11.1 Å². The molecule has 1 N–H and O–H groups in total. The van der Waals surface area contributed by atoms with Crippen LogP contribution in [-0.4, -0.2) is 41.8 Å². The Kier molecular flexibility index (Phi) is 4.56. The predicted molar refractivity (Wildman–Crippen MR) is 120 cm³/mol. The molecule has 4 unspecified atom stereocenters. The molecule has 2 aromatic rings. The third-order valence-corrected chi connectivity index (χ3v) is 8.81. The number of aliphatic carboxylic acids is 1. The van der Waals surface area contributed by atoms with Gasteiger partial charge in [-0.05, 0) is 71.6 Å². The van der Waals surface area contributed by atoms with Crippen molar-refractivity contribution in [2.75, 3.05) is 19.7 Å². The Balaban J connectivity index is 1.15. The van der Waals surface area contributed by atoms with E-state index in [1.54, 1.807) is 0 Å². The van der Waals surface area contributed by atoms with Crippen LogP contribution in [0.1, 0.15) is 49.1 Å². The van der Waals surface area contributed by atoms with Gasteiger partial charge < -0.3 is 14.7 Å². The maximum Gasteiger partial charge on any atom is 0.409 e. The van der Waals surface area contributed by atoms with Gasteiger partial charge >= 0.3 is 12.1 Å². The summed E-state index contributed by atoms with van der Waals surface area (Å²) in [6.45, 7) is 1.66. The normalized spacial score (nSPS) is 30.4. The van der Waals surface area contributed by atoms with E-state index in [9.17, 15) is 14.7 Å². The lowest BCUT2D eigenvalue weighted by molar-refractivity contribution is -0.161. The van der Waals surface area contributed by atoms with Gasteiger partial charge in [0.25, 0.3) is 0 Å². The average Bonchev–Trinajstić information content (AvgIpc) is 3.49. The van der Waals surface area contributed by atoms with Crippen molar-refractivity contribution in [3.8, 4) is 11.1 Å². The van der Waals surface area contributed by atoms with Crippen LogP contribution in [0.4, 0.5) is 4.79 Å². The Morgan fingerprint density at radius 3 is 2.38 bits per heavy atom. The number of benzene rings is 2. The molecule has 5 heteroatoms. The smallest absolute Gasteiger partial charge is 0.409 e. The van der Waals surface area contributed by atoms with Crippen molar-refractivity contribution >= 4 is 12.1 Å². The summed E-state index contributed by atoms with van der Waals surface area (Å²) >= 11 is 0. The van der Waals surface area contributed by atoms with Gasteiger partial charge in [0, 0.05) is 19.0 Å². The van der Waals surface area contributed by atoms with Crippen LogP contribution in [0.3, 0.4) is 0 Å². The van der Waals surface area contributed by atoms with E-state index in [1.165, 1.54) is 22.3 Å². The summed E-state index contributed by atoms with van der Waals surface area (Å²) in [6, 6.07) is 16.7. The van der Waals surface area contributed by atoms with E-state index in [2.05, 4.69) is 36.4 Å². The van der Waals surface area contributed by atoms with E-state index in [0.29, 0.717) is 25.6 Å². The number of likely N-dealkylation sites (tertiary alicyclic amines) is 1. The largest absolute Gasteiger partial charge is 0.481 e. The Morgan fingerprint density at radius 2 is 1.72 bits per heavy atom. The molecule has 2 aromatic carbocycles. The molecule has 1 amide bonds. The van der Waals surface area contributed by atoms with Crippen molar-refractivity contribution in [1.82, 2.24) is 4.90 Å². The van der Waals surface area contributed by atoms with Crippen molar-refractivity contribution in [3.05, 3.63) is 59.7 Å². The first-order chi connectivity index (χ1) is 15.6. The molecule has 0 aromatic heterocycles. The number of hydrogen-bond donors (Lipinski definition) is 1. The number of rotatable bonds is 4. The SMILES string of the molecule is O=C(O)C1C2CCC1(C1CCCN(C(=O)OCC3c4ccccc4-c4ccccc43)C1)C2. The fraction of sp³-hybridized carbons (Fsp3) is 0.481. The molecule has 4 atom stereocenters. The van der Waals surface area contributed by atoms with Crippen LogP contribution in [0.5, 0.6) is 0 Å². The molecule has 0 radical (unpaired) electrons. The van der Waals surface area contributed by atoms with Crippen LogP contribution < -0.4 is 0 Å². The number of carboxylic acid groups (broad SMARTS) is 1. The molecule has 32 heavy (non-hydrogen) atoms. The number of carbonyl (C=O) groups is 2. The molecular formula is C27H29NO4. The summed E-state index contributed by atoms with van der Waals surface area (Å²) in [7, 11) is 0. The highest BCUT2D eigenvalue weighted by Crippen LogP contribution is 2.67. The van der Waals surface area contributed by atoms with E-state index in [4.69, 9.17) is 4.74 Å². The molecule has 2 bridgehead atoms. The number of amides is 1. The second kappa shape index (κ2) is 7.36. The van der Waals surface area contributed by atoms with Gasteiger partial charge in [0.2, 0.25) is 0 Å². The molecular weight excluding hydrogens is 402 g/mol. The molecule has 5 aliphatic rings. The fourth-order valence-electron chi connectivity index (χ4n) is 7.39. The molecule has 7 rings (SSSR count). The summed E-state index contributed by atoms with van der Waals surface area (Å²) in [6.07, 6.45) is 4.73. The molecule has 1 heterocycles. The Bertz CT molecular complexity index is 1030. The summed E-state index contributed by atoms with van der Waals surface area (Å²) in [5.74, 6) is -0.176. The topological polar surface area (TPSA) is 66.8 Å². The number of fused-ring (bicyclic) bond motifs is 4. The fourth-order valence-corrected chi connectivity index (χ4v) is 7.39. The quantitative estimate of drug-likeness (QED) is 0.727. The third-order valence-electron chi connectivity index (χ3n) is 8.81. The highest BCUT2D eigenvalue weighted by molar-refractivity contribution is 5.79. The number of piperidine rings is 1. The second-order valence-corrected chi connectivity index (χ2v) is 10.1. The van der Waals surface area contributed by atoms with Gasteiger partial charge in [-0.25, -0.2) is 4.79 Å². The first-order valence-electron chi connectivity index (χ1n) is 11.9. The molecule has 166 valence electrons. The van der Waals surface area contributed by atoms with Crippen molar-refractivity contribution < 1.29 is 19.4 Å². The third kappa shape index (κ3) is 2.83. The zero-order valence-electron chi connectivity index (χ0n) is 18.2. The minimum Gasteiger partial charge on any atom is -0.481 e. The molecule has 5 nitrogen and oxygen atoms in total. The predicted octanol–water partition coefficient (Wildman–Crippen LogP) is 5.15. The Labute approximate surface area is 188 Å². The van der Waals surface area contributed by atoms with Gasteiger partial charge in [-0.1, -0.05) is 48.5 Å². The van der Waals surface area contributed by atoms with Crippen molar-refractivity contribution in [3.63, 3.8) is 0 Å². The second-order valence-electron chi connectivity index (χ2n) is 10.1. The molecule has 3 saturated carbocycles. The van der Waals surface area contributed by atoms with E-state index in [0.717, 1.165) is 32.1 Å². The van der Waals surface area contributed by atoms with Gasteiger partial charge in [0.05, 0.1) is 5.92 Å². The highest BCUT2D eigenvalue weighted by atomic mass is 16.6. The van der Waals surface area contributed by atoms with E-state index in [1.807, 2.05) is 17.0 Å². The van der Waals surface area contributed by atoms with Crippen molar-refractivity contribution in [1.29, 1.82) is 0 Å². The Hall–Kier alpha value is -2.82. The first kappa shape index (κ1) is 19.8. The monoisotopic (exact) mass is 431 g/mol. The van der Waals surface area contributed by atoms with Gasteiger partial charge in [-0.15, -0.1) is 0 Å². The zero-order chi connectivity index (χ0) is 21.9. The lowest BCUT2D eigenvalue weighted by atomic mass is 9.53. The molecule has 4 fully saturated rings. The molecule has 1 aliphatic heterocycles.